The van der Waals surface area contributed by atoms with E-state index in [1.165, 1.54) is 0 Å². The van der Waals surface area contributed by atoms with Gasteiger partial charge in [0.2, 0.25) is 11.8 Å². The Labute approximate surface area is 363 Å². The van der Waals surface area contributed by atoms with E-state index in [1.807, 2.05) is 12.1 Å². The summed E-state index contributed by atoms with van der Waals surface area (Å²) in [6.45, 7) is 0. The van der Waals surface area contributed by atoms with E-state index in [0.717, 1.165) is 32.4 Å². The first-order valence-electron chi connectivity index (χ1n) is 19.2. The predicted molar refractivity (Wildman–Crippen MR) is 240 cm³/mol. The normalized spacial score (nSPS) is 12.8. The number of aliphatic carboxylic acids is 2. The lowest BCUT2D eigenvalue weighted by Gasteiger charge is -2.23. The quantitative estimate of drug-likeness (QED) is 0.0374. The van der Waals surface area contributed by atoms with Crippen LogP contribution in [0.5, 0.6) is 0 Å². The zero-order valence-electron chi connectivity index (χ0n) is 32.9. The van der Waals surface area contributed by atoms with Crippen molar-refractivity contribution in [2.24, 2.45) is 0 Å². The minimum absolute atomic E-state index is 0.0178. The first kappa shape index (κ1) is 44.4. The number of urea groups is 2. The van der Waals surface area contributed by atoms with Crippen LogP contribution in [0.15, 0.2) is 134 Å². The highest BCUT2D eigenvalue weighted by molar-refractivity contribution is 8.76. The molecular formula is C44H42N8O8S2. The molecule has 0 aliphatic carbocycles. The van der Waals surface area contributed by atoms with Crippen molar-refractivity contribution >= 4 is 90.6 Å². The van der Waals surface area contributed by atoms with Crippen molar-refractivity contribution in [2.45, 2.75) is 37.0 Å². The summed E-state index contributed by atoms with van der Waals surface area (Å²) in [6, 6.07) is 28.1. The maximum absolute atomic E-state index is 13.7. The molecule has 4 aromatic carbocycles. The number of rotatable bonds is 19. The van der Waals surface area contributed by atoms with Gasteiger partial charge in [-0.2, -0.15) is 0 Å². The number of hydrogen-bond acceptors (Lipinski definition) is 10. The van der Waals surface area contributed by atoms with Crippen LogP contribution < -0.4 is 31.9 Å². The van der Waals surface area contributed by atoms with Crippen molar-refractivity contribution in [3.05, 3.63) is 145 Å². The predicted octanol–water partition coefficient (Wildman–Crippen LogP) is 5.47. The maximum atomic E-state index is 13.7. The molecule has 0 spiro atoms. The van der Waals surface area contributed by atoms with E-state index in [1.54, 1.807) is 122 Å². The molecule has 0 saturated carbocycles. The van der Waals surface area contributed by atoms with E-state index in [2.05, 4.69) is 41.9 Å². The molecule has 4 unspecified atom stereocenters. The summed E-state index contributed by atoms with van der Waals surface area (Å²) in [7, 11) is 2.14. The fraction of sp³-hybridized carbons (Fsp3) is 0.182. The number of pyridine rings is 2. The highest BCUT2D eigenvalue weighted by atomic mass is 33.1. The topological polar surface area (TPSA) is 241 Å². The highest BCUT2D eigenvalue weighted by Gasteiger charge is 2.30. The number of nitrogens with zero attached hydrogens (tertiary/aromatic N) is 2. The Bertz CT molecular complexity index is 2360. The van der Waals surface area contributed by atoms with Crippen molar-refractivity contribution in [2.75, 3.05) is 22.1 Å². The summed E-state index contributed by atoms with van der Waals surface area (Å²) < 4.78 is 0. The summed E-state index contributed by atoms with van der Waals surface area (Å²) in [5.41, 5.74) is 3.60. The van der Waals surface area contributed by atoms with Gasteiger partial charge in [0.25, 0.3) is 0 Å². The number of anilines is 2. The van der Waals surface area contributed by atoms with Gasteiger partial charge in [-0.05, 0) is 59.7 Å². The molecule has 16 nitrogen and oxygen atoms in total. The number of carbonyl (C=O) groups is 6. The van der Waals surface area contributed by atoms with Gasteiger partial charge in [0.15, 0.2) is 0 Å². The van der Waals surface area contributed by atoms with Gasteiger partial charge in [0, 0.05) is 58.9 Å². The van der Waals surface area contributed by atoms with E-state index in [-0.39, 0.29) is 24.3 Å². The van der Waals surface area contributed by atoms with E-state index in [4.69, 9.17) is 0 Å². The second-order valence-electron chi connectivity index (χ2n) is 13.9. The molecule has 2 aromatic heterocycles. The summed E-state index contributed by atoms with van der Waals surface area (Å²) in [5, 5.41) is 37.3. The molecular weight excluding hydrogens is 833 g/mol. The van der Waals surface area contributed by atoms with Crippen molar-refractivity contribution in [3.63, 3.8) is 0 Å². The zero-order valence-corrected chi connectivity index (χ0v) is 34.5. The van der Waals surface area contributed by atoms with E-state index in [0.29, 0.717) is 33.5 Å². The van der Waals surface area contributed by atoms with Crippen molar-refractivity contribution in [1.82, 2.24) is 31.2 Å². The summed E-state index contributed by atoms with van der Waals surface area (Å²) >= 11 is 0. The molecule has 0 saturated heterocycles. The number of benzene rings is 4. The number of carboxylic acids is 2. The molecule has 4 atom stereocenters. The van der Waals surface area contributed by atoms with Crippen LogP contribution >= 0.6 is 21.6 Å². The van der Waals surface area contributed by atoms with Gasteiger partial charge in [-0.3, -0.25) is 19.6 Å². The Hall–Kier alpha value is -7.18. The molecule has 6 amide bonds. The summed E-state index contributed by atoms with van der Waals surface area (Å²) in [4.78, 5) is 87.2. The summed E-state index contributed by atoms with van der Waals surface area (Å²) in [5.74, 6) is -4.32. The van der Waals surface area contributed by atoms with Gasteiger partial charge < -0.3 is 42.1 Å². The Kier molecular flexibility index (Phi) is 15.7. The smallest absolute Gasteiger partial charge is 0.326 e. The molecule has 0 aliphatic rings. The Morgan fingerprint density at radius 1 is 0.484 bits per heavy atom. The van der Waals surface area contributed by atoms with Gasteiger partial charge in [-0.25, -0.2) is 19.2 Å². The molecule has 8 N–H and O–H groups in total. The molecule has 62 heavy (non-hydrogen) atoms. The van der Waals surface area contributed by atoms with Crippen LogP contribution in [-0.4, -0.2) is 91.7 Å². The number of amides is 6. The monoisotopic (exact) mass is 874 g/mol. The number of carbonyl (C=O) groups excluding carboxylic acids is 4. The molecule has 18 heteroatoms. The fourth-order valence-electron chi connectivity index (χ4n) is 6.20. The molecule has 0 radical (unpaired) electrons. The molecule has 6 rings (SSSR count). The van der Waals surface area contributed by atoms with E-state index >= 15 is 0 Å². The standard InChI is InChI=1S/C44H42N8O8S2/c53-39(49-35(41(55)56)21-27-9-3-1-4-10-27)37(51-43(59)47-31-15-17-33-29(23-31)13-7-19-45-33)25-61-62-26-38(40(54)50-36(42(57)58)22-28-11-5-2-6-12-28)52-44(60)48-32-16-18-34-30(24-32)14-8-20-46-34/h1-20,23-24,35-38H,21-22,25-26H2,(H,49,53)(H,50,54)(H,55,56)(H,57,58)(H2,47,51,59)(H2,48,52,60). The van der Waals surface area contributed by atoms with E-state index < -0.39 is 60.0 Å². The lowest BCUT2D eigenvalue weighted by atomic mass is 10.1. The van der Waals surface area contributed by atoms with Crippen LogP contribution in [0.25, 0.3) is 21.8 Å². The summed E-state index contributed by atoms with van der Waals surface area (Å²) in [6.07, 6.45) is 3.25. The molecule has 0 aliphatic heterocycles. The second-order valence-corrected chi connectivity index (χ2v) is 16.4. The van der Waals surface area contributed by atoms with Gasteiger partial charge in [-0.1, -0.05) is 94.4 Å². The number of fused-ring (bicyclic) bond motifs is 2. The number of carboxylic acid groups (broad SMARTS) is 2. The second kappa shape index (κ2) is 21.9. The lowest BCUT2D eigenvalue weighted by Crippen LogP contribution is -2.54. The number of aromatic nitrogens is 2. The van der Waals surface area contributed by atoms with Crippen LogP contribution in [0.2, 0.25) is 0 Å². The van der Waals surface area contributed by atoms with Crippen LogP contribution in [0, 0.1) is 0 Å². The number of hydrogen-bond donors (Lipinski definition) is 8. The van der Waals surface area contributed by atoms with Crippen LogP contribution in [0.4, 0.5) is 21.0 Å². The van der Waals surface area contributed by atoms with Crippen LogP contribution in [-0.2, 0) is 32.0 Å². The van der Waals surface area contributed by atoms with Gasteiger partial charge >= 0.3 is 24.0 Å². The average Bonchev–Trinajstić information content (AvgIpc) is 3.27. The molecule has 2 heterocycles. The third kappa shape index (κ3) is 13.2. The minimum Gasteiger partial charge on any atom is -0.480 e. The third-order valence-electron chi connectivity index (χ3n) is 9.31. The van der Waals surface area contributed by atoms with Gasteiger partial charge in [0.05, 0.1) is 11.0 Å². The molecule has 318 valence electrons. The SMILES string of the molecule is O=C(Nc1ccc2ncccc2c1)NC(CSSCC(NC(=O)Nc1ccc2ncccc2c1)C(=O)NC(Cc1ccccc1)C(=O)O)C(=O)NC(Cc1ccccc1)C(=O)O. The Morgan fingerprint density at radius 3 is 1.27 bits per heavy atom. The van der Waals surface area contributed by atoms with Crippen molar-refractivity contribution < 1.29 is 39.0 Å². The molecule has 0 fully saturated rings. The van der Waals surface area contributed by atoms with Crippen molar-refractivity contribution in [1.29, 1.82) is 0 Å². The first-order valence-corrected chi connectivity index (χ1v) is 21.7. The fourth-order valence-corrected chi connectivity index (χ4v) is 8.53. The van der Waals surface area contributed by atoms with Crippen LogP contribution in [0.3, 0.4) is 0 Å². The zero-order chi connectivity index (χ0) is 43.8. The largest absolute Gasteiger partial charge is 0.480 e. The van der Waals surface area contributed by atoms with Gasteiger partial charge in [0.1, 0.15) is 24.2 Å². The number of nitrogens with one attached hydrogen (secondary N) is 6. The first-order chi connectivity index (χ1) is 30.0. The molecule has 6 aromatic rings. The maximum Gasteiger partial charge on any atom is 0.326 e. The molecule has 0 bridgehead atoms. The average molecular weight is 875 g/mol. The Morgan fingerprint density at radius 2 is 0.887 bits per heavy atom. The highest BCUT2D eigenvalue weighted by Crippen LogP contribution is 2.24. The van der Waals surface area contributed by atoms with Crippen LogP contribution in [0.1, 0.15) is 11.1 Å². The van der Waals surface area contributed by atoms with Gasteiger partial charge in [-0.15, -0.1) is 0 Å². The lowest BCUT2D eigenvalue weighted by molar-refractivity contribution is -0.142. The Balaban J connectivity index is 1.15. The van der Waals surface area contributed by atoms with Crippen molar-refractivity contribution in [3.8, 4) is 0 Å². The minimum atomic E-state index is -1.32. The third-order valence-corrected chi connectivity index (χ3v) is 11.7. The van der Waals surface area contributed by atoms with E-state index in [9.17, 15) is 39.0 Å².